The van der Waals surface area contributed by atoms with E-state index in [1.54, 1.807) is 4.90 Å². The van der Waals surface area contributed by atoms with Gasteiger partial charge in [-0.15, -0.1) is 0 Å². The SMILES string of the molecule is CC(C)CCN(C(=O)N[C@@H](CCc1ccccc1)C(O)c1nc2c(ccc3ccccc32)o1)C(=O)C1CCN(C(=O)OC(C)(C)C)CC1. The van der Waals surface area contributed by atoms with Gasteiger partial charge in [0.25, 0.3) is 0 Å². The van der Waals surface area contributed by atoms with Gasteiger partial charge in [0.2, 0.25) is 11.8 Å². The molecule has 0 radical (unpaired) electrons. The van der Waals surface area contributed by atoms with Crippen LogP contribution in [0.4, 0.5) is 9.59 Å². The number of carbonyl (C=O) groups is 3. The van der Waals surface area contributed by atoms with Crippen LogP contribution in [0, 0.1) is 11.8 Å². The number of benzene rings is 3. The first kappa shape index (κ1) is 34.9. The average molecular weight is 657 g/mol. The van der Waals surface area contributed by atoms with E-state index in [1.165, 1.54) is 4.90 Å². The number of urea groups is 1. The van der Waals surface area contributed by atoms with Crippen molar-refractivity contribution in [3.63, 3.8) is 0 Å². The summed E-state index contributed by atoms with van der Waals surface area (Å²) < 4.78 is 11.6. The quantitative estimate of drug-likeness (QED) is 0.184. The van der Waals surface area contributed by atoms with Crippen molar-refractivity contribution in [2.75, 3.05) is 19.6 Å². The lowest BCUT2D eigenvalue weighted by Crippen LogP contribution is -2.53. The number of aliphatic hydroxyl groups is 1. The van der Waals surface area contributed by atoms with E-state index in [0.717, 1.165) is 16.3 Å². The molecule has 0 bridgehead atoms. The maximum Gasteiger partial charge on any atom is 0.410 e. The van der Waals surface area contributed by atoms with E-state index < -0.39 is 35.8 Å². The van der Waals surface area contributed by atoms with Crippen LogP contribution < -0.4 is 5.32 Å². The molecule has 2 atom stereocenters. The molecule has 1 aliphatic heterocycles. The summed E-state index contributed by atoms with van der Waals surface area (Å²) >= 11 is 0. The zero-order valence-electron chi connectivity index (χ0n) is 28.6. The first-order valence-electron chi connectivity index (χ1n) is 17.0. The van der Waals surface area contributed by atoms with Crippen LogP contribution in [0.15, 0.2) is 71.1 Å². The molecule has 4 aromatic rings. The molecule has 2 heterocycles. The number of aryl methyl sites for hydroxylation is 1. The molecule has 2 N–H and O–H groups in total. The number of aliphatic hydroxyl groups excluding tert-OH is 1. The van der Waals surface area contributed by atoms with Gasteiger partial charge >= 0.3 is 12.1 Å². The minimum Gasteiger partial charge on any atom is -0.444 e. The molecule has 4 amide bonds. The molecule has 0 saturated carbocycles. The number of carbonyl (C=O) groups excluding carboxylic acids is 3. The van der Waals surface area contributed by atoms with Crippen molar-refractivity contribution in [2.45, 2.75) is 84.5 Å². The Kier molecular flexibility index (Phi) is 11.0. The highest BCUT2D eigenvalue weighted by Crippen LogP contribution is 2.30. The van der Waals surface area contributed by atoms with Crippen molar-refractivity contribution in [2.24, 2.45) is 11.8 Å². The van der Waals surface area contributed by atoms with Gasteiger partial charge in [0.1, 0.15) is 11.1 Å². The topological polar surface area (TPSA) is 125 Å². The summed E-state index contributed by atoms with van der Waals surface area (Å²) in [7, 11) is 0. The maximum absolute atomic E-state index is 14.0. The molecule has 10 heteroatoms. The summed E-state index contributed by atoms with van der Waals surface area (Å²) in [5, 5.41) is 16.6. The van der Waals surface area contributed by atoms with Gasteiger partial charge in [0, 0.05) is 30.9 Å². The van der Waals surface area contributed by atoms with Gasteiger partial charge in [-0.05, 0) is 75.8 Å². The number of amides is 4. The summed E-state index contributed by atoms with van der Waals surface area (Å²) in [6.07, 6.45) is 0.797. The van der Waals surface area contributed by atoms with Crippen molar-refractivity contribution < 1.29 is 28.6 Å². The molecule has 3 aromatic carbocycles. The minimum absolute atomic E-state index is 0.106. The normalized spacial score (nSPS) is 15.4. The lowest BCUT2D eigenvalue weighted by Gasteiger charge is -2.35. The second kappa shape index (κ2) is 15.2. The van der Waals surface area contributed by atoms with Crippen LogP contribution in [0.2, 0.25) is 0 Å². The fraction of sp³-hybridized carbons (Fsp3) is 0.474. The Balaban J connectivity index is 1.35. The molecule has 0 spiro atoms. The average Bonchev–Trinajstić information content (AvgIpc) is 3.51. The van der Waals surface area contributed by atoms with Gasteiger partial charge in [0.15, 0.2) is 11.7 Å². The smallest absolute Gasteiger partial charge is 0.410 e. The highest BCUT2D eigenvalue weighted by molar-refractivity contribution is 6.03. The Morgan fingerprint density at radius 2 is 1.69 bits per heavy atom. The van der Waals surface area contributed by atoms with Crippen LogP contribution in [0.3, 0.4) is 0 Å². The van der Waals surface area contributed by atoms with E-state index in [-0.39, 0.29) is 24.3 Å². The van der Waals surface area contributed by atoms with Crippen LogP contribution in [0.1, 0.15) is 77.9 Å². The molecule has 0 aliphatic carbocycles. The Morgan fingerprint density at radius 1 is 1.00 bits per heavy atom. The van der Waals surface area contributed by atoms with Gasteiger partial charge in [0.05, 0.1) is 6.04 Å². The maximum atomic E-state index is 14.0. The van der Waals surface area contributed by atoms with Gasteiger partial charge in [-0.1, -0.05) is 74.5 Å². The van der Waals surface area contributed by atoms with Gasteiger partial charge < -0.3 is 24.5 Å². The molecule has 1 fully saturated rings. The fourth-order valence-corrected chi connectivity index (χ4v) is 6.04. The number of hydrogen-bond acceptors (Lipinski definition) is 7. The Morgan fingerprint density at radius 3 is 2.38 bits per heavy atom. The van der Waals surface area contributed by atoms with Crippen LogP contribution in [-0.2, 0) is 16.0 Å². The fourth-order valence-electron chi connectivity index (χ4n) is 6.04. The molecule has 1 aliphatic rings. The lowest BCUT2D eigenvalue weighted by atomic mass is 9.95. The second-order valence-electron chi connectivity index (χ2n) is 14.1. The highest BCUT2D eigenvalue weighted by atomic mass is 16.6. The van der Waals surface area contributed by atoms with Gasteiger partial charge in [-0.25, -0.2) is 14.6 Å². The minimum atomic E-state index is -1.26. The first-order chi connectivity index (χ1) is 22.9. The van der Waals surface area contributed by atoms with Crippen LogP contribution in [-0.4, -0.2) is 69.2 Å². The molecule has 1 saturated heterocycles. The number of imide groups is 1. The van der Waals surface area contributed by atoms with E-state index in [0.29, 0.717) is 56.3 Å². The van der Waals surface area contributed by atoms with Crippen molar-refractivity contribution in [1.82, 2.24) is 20.1 Å². The van der Waals surface area contributed by atoms with E-state index in [4.69, 9.17) is 9.15 Å². The van der Waals surface area contributed by atoms with Crippen molar-refractivity contribution in [1.29, 1.82) is 0 Å². The molecular formula is C38H48N4O6. The molecule has 1 unspecified atom stereocenters. The molecule has 10 nitrogen and oxygen atoms in total. The highest BCUT2D eigenvalue weighted by Gasteiger charge is 2.36. The summed E-state index contributed by atoms with van der Waals surface area (Å²) in [4.78, 5) is 48.2. The number of hydrogen-bond donors (Lipinski definition) is 2. The van der Waals surface area contributed by atoms with Crippen LogP contribution in [0.5, 0.6) is 0 Å². The predicted molar refractivity (Wildman–Crippen MR) is 185 cm³/mol. The standard InChI is InChI=1S/C38H48N4O6/c1-25(2)19-24-42(35(44)28-20-22-41(23-21-28)37(46)48-38(3,4)5)36(45)39-30(17-15-26-11-7-6-8-12-26)33(43)34-40-32-29-14-10-9-13-27(29)16-18-31(32)47-34/h6-14,16,18,25,28,30,33,43H,15,17,19-24H2,1-5H3,(H,39,45)/t30-,33?/m0/s1. The Hall–Kier alpha value is -4.44. The van der Waals surface area contributed by atoms with Crippen molar-refractivity contribution >= 4 is 39.9 Å². The zero-order valence-corrected chi connectivity index (χ0v) is 28.6. The molecule has 48 heavy (non-hydrogen) atoms. The number of rotatable bonds is 10. The molecule has 256 valence electrons. The monoisotopic (exact) mass is 656 g/mol. The second-order valence-corrected chi connectivity index (χ2v) is 14.1. The third-order valence-corrected chi connectivity index (χ3v) is 8.77. The third-order valence-electron chi connectivity index (χ3n) is 8.77. The number of nitrogens with zero attached hydrogens (tertiary/aromatic N) is 3. The number of aromatic nitrogens is 1. The van der Waals surface area contributed by atoms with E-state index in [2.05, 4.69) is 10.3 Å². The summed E-state index contributed by atoms with van der Waals surface area (Å²) in [6.45, 7) is 10.5. The number of nitrogens with one attached hydrogen (secondary N) is 1. The molecular weight excluding hydrogens is 608 g/mol. The summed E-state index contributed by atoms with van der Waals surface area (Å²) in [5.41, 5.74) is 1.63. The number of ether oxygens (including phenoxy) is 1. The first-order valence-corrected chi connectivity index (χ1v) is 17.0. The van der Waals surface area contributed by atoms with Crippen molar-refractivity contribution in [3.8, 4) is 0 Å². The Labute approximate surface area is 282 Å². The number of oxazole rings is 1. The van der Waals surface area contributed by atoms with E-state index in [1.807, 2.05) is 101 Å². The summed E-state index contributed by atoms with van der Waals surface area (Å²) in [6, 6.07) is 20.1. The molecule has 1 aromatic heterocycles. The molecule has 5 rings (SSSR count). The van der Waals surface area contributed by atoms with Gasteiger partial charge in [-0.2, -0.15) is 0 Å². The summed E-state index contributed by atoms with van der Waals surface area (Å²) in [5.74, 6) is -0.327. The Bertz CT molecular complexity index is 1700. The van der Waals surface area contributed by atoms with E-state index >= 15 is 0 Å². The largest absolute Gasteiger partial charge is 0.444 e. The predicted octanol–water partition coefficient (Wildman–Crippen LogP) is 7.25. The number of likely N-dealkylation sites (tertiary alicyclic amines) is 1. The van der Waals surface area contributed by atoms with Crippen LogP contribution in [0.25, 0.3) is 21.9 Å². The number of fused-ring (bicyclic) bond motifs is 3. The zero-order chi connectivity index (χ0) is 34.4. The van der Waals surface area contributed by atoms with E-state index in [9.17, 15) is 19.5 Å². The third kappa shape index (κ3) is 8.72. The van der Waals surface area contributed by atoms with Gasteiger partial charge in [-0.3, -0.25) is 9.69 Å². The number of piperidine rings is 1. The van der Waals surface area contributed by atoms with Crippen LogP contribution >= 0.6 is 0 Å². The van der Waals surface area contributed by atoms with Crippen molar-refractivity contribution in [3.05, 3.63) is 78.2 Å². The lowest BCUT2D eigenvalue weighted by molar-refractivity contribution is -0.134.